The molecule has 1 aromatic rings. The molecule has 0 aromatic heterocycles. The third kappa shape index (κ3) is 3.57. The lowest BCUT2D eigenvalue weighted by Gasteiger charge is -2.37. The molecule has 2 atom stereocenters. The molecule has 118 valence electrons. The maximum absolute atomic E-state index is 6.03. The van der Waals surface area contributed by atoms with Crippen molar-refractivity contribution in [1.82, 2.24) is 10.2 Å². The fourth-order valence-electron chi connectivity index (χ4n) is 3.13. The highest BCUT2D eigenvalue weighted by molar-refractivity contribution is 5.43. The van der Waals surface area contributed by atoms with Gasteiger partial charge in [0.2, 0.25) is 0 Å². The second-order valence-electron chi connectivity index (χ2n) is 5.75. The first kappa shape index (κ1) is 16.3. The minimum absolute atomic E-state index is 0.190. The van der Waals surface area contributed by atoms with E-state index in [9.17, 15) is 0 Å². The fraction of sp³-hybridized carbons (Fsp3) is 0.647. The van der Waals surface area contributed by atoms with Crippen LogP contribution in [0.15, 0.2) is 12.1 Å². The highest BCUT2D eigenvalue weighted by Crippen LogP contribution is 2.30. The smallest absolute Gasteiger partial charge is 0.122 e. The molecule has 0 aliphatic carbocycles. The molecule has 0 amide bonds. The molecule has 0 radical (unpaired) electrons. The Labute approximate surface area is 128 Å². The Bertz CT molecular complexity index is 476. The van der Waals surface area contributed by atoms with E-state index in [0.717, 1.165) is 32.0 Å². The normalized spacial score (nSPS) is 21.3. The number of rotatable bonds is 5. The summed E-state index contributed by atoms with van der Waals surface area (Å²) in [5.41, 5.74) is 3.72. The molecule has 1 saturated heterocycles. The van der Waals surface area contributed by atoms with Gasteiger partial charge in [-0.3, -0.25) is 4.90 Å². The van der Waals surface area contributed by atoms with E-state index < -0.39 is 0 Å². The zero-order valence-electron chi connectivity index (χ0n) is 13.9. The first-order valence-electron chi connectivity index (χ1n) is 7.77. The summed E-state index contributed by atoms with van der Waals surface area (Å²) in [6, 6.07) is 4.56. The first-order chi connectivity index (χ1) is 10.1. The number of nitrogens with one attached hydrogen (secondary N) is 1. The quantitative estimate of drug-likeness (QED) is 0.903. The molecule has 1 aromatic carbocycles. The Kier molecular flexibility index (Phi) is 5.62. The Morgan fingerprint density at radius 1 is 1.38 bits per heavy atom. The highest BCUT2D eigenvalue weighted by Gasteiger charge is 2.29. The van der Waals surface area contributed by atoms with Gasteiger partial charge in [-0.15, -0.1) is 0 Å². The van der Waals surface area contributed by atoms with E-state index in [2.05, 4.69) is 43.1 Å². The van der Waals surface area contributed by atoms with Crippen LogP contribution in [0.4, 0.5) is 0 Å². The first-order valence-corrected chi connectivity index (χ1v) is 7.77. The van der Waals surface area contributed by atoms with Crippen molar-refractivity contribution in [3.8, 4) is 5.75 Å². The van der Waals surface area contributed by atoms with Gasteiger partial charge in [0.25, 0.3) is 0 Å². The summed E-state index contributed by atoms with van der Waals surface area (Å²) in [6.07, 6.45) is 0.190. The molecule has 21 heavy (non-hydrogen) atoms. The number of benzene rings is 1. The Balaban J connectivity index is 2.26. The molecule has 1 aliphatic heterocycles. The van der Waals surface area contributed by atoms with Crippen molar-refractivity contribution >= 4 is 0 Å². The zero-order valence-corrected chi connectivity index (χ0v) is 13.9. The number of methoxy groups -OCH3 is 1. The van der Waals surface area contributed by atoms with Gasteiger partial charge in [-0.2, -0.15) is 0 Å². The van der Waals surface area contributed by atoms with Gasteiger partial charge < -0.3 is 14.8 Å². The lowest BCUT2D eigenvalue weighted by molar-refractivity contribution is -0.0445. The maximum Gasteiger partial charge on any atom is 0.122 e. The van der Waals surface area contributed by atoms with Crippen LogP contribution in [0.1, 0.15) is 29.7 Å². The van der Waals surface area contributed by atoms with Gasteiger partial charge in [0.15, 0.2) is 0 Å². The summed E-state index contributed by atoms with van der Waals surface area (Å²) in [5.74, 6) is 0.950. The predicted octanol–water partition coefficient (Wildman–Crippen LogP) is 2.29. The van der Waals surface area contributed by atoms with E-state index in [1.54, 1.807) is 7.11 Å². The SMILES string of the molecule is CCN1CCOC(C(NC)c2cc(C)c(OC)cc2C)C1. The van der Waals surface area contributed by atoms with Crippen LogP contribution in [0.2, 0.25) is 0 Å². The van der Waals surface area contributed by atoms with Crippen LogP contribution in [0, 0.1) is 13.8 Å². The zero-order chi connectivity index (χ0) is 15.4. The summed E-state index contributed by atoms with van der Waals surface area (Å²) in [4.78, 5) is 2.45. The molecule has 0 bridgehead atoms. The van der Waals surface area contributed by atoms with Crippen molar-refractivity contribution in [2.75, 3.05) is 40.4 Å². The minimum atomic E-state index is 0.190. The standard InChI is InChI=1S/C17H28N2O2/c1-6-19-7-8-21-16(11-19)17(18-4)14-9-13(3)15(20-5)10-12(14)2/h9-10,16-18H,6-8,11H2,1-5H3. The Hall–Kier alpha value is -1.10. The van der Waals surface area contributed by atoms with E-state index in [4.69, 9.17) is 9.47 Å². The monoisotopic (exact) mass is 292 g/mol. The van der Waals surface area contributed by atoms with Crippen molar-refractivity contribution in [1.29, 1.82) is 0 Å². The largest absolute Gasteiger partial charge is 0.496 e. The minimum Gasteiger partial charge on any atom is -0.496 e. The second kappa shape index (κ2) is 7.25. The molecule has 2 unspecified atom stereocenters. The number of likely N-dealkylation sites (N-methyl/N-ethyl adjacent to an activating group) is 2. The molecule has 4 nitrogen and oxygen atoms in total. The van der Waals surface area contributed by atoms with Gasteiger partial charge >= 0.3 is 0 Å². The van der Waals surface area contributed by atoms with Crippen molar-refractivity contribution in [2.45, 2.75) is 32.9 Å². The van der Waals surface area contributed by atoms with Crippen LogP contribution in [0.5, 0.6) is 5.75 Å². The molecular formula is C17H28N2O2. The molecule has 0 spiro atoms. The van der Waals surface area contributed by atoms with Crippen LogP contribution in [-0.4, -0.2) is 51.4 Å². The lowest BCUT2D eigenvalue weighted by atomic mass is 9.94. The summed E-state index contributed by atoms with van der Waals surface area (Å²) in [5, 5.41) is 3.45. The van der Waals surface area contributed by atoms with Gasteiger partial charge in [-0.1, -0.05) is 13.0 Å². The molecule has 4 heteroatoms. The predicted molar refractivity (Wildman–Crippen MR) is 86.1 cm³/mol. The number of ether oxygens (including phenoxy) is 2. The van der Waals surface area contributed by atoms with Crippen molar-refractivity contribution in [3.05, 3.63) is 28.8 Å². The molecular weight excluding hydrogens is 264 g/mol. The molecule has 1 aliphatic rings. The number of hydrogen-bond acceptors (Lipinski definition) is 4. The van der Waals surface area contributed by atoms with Crippen LogP contribution in [0.3, 0.4) is 0 Å². The number of nitrogens with zero attached hydrogens (tertiary/aromatic N) is 1. The number of aryl methyl sites for hydroxylation is 2. The summed E-state index contributed by atoms with van der Waals surface area (Å²) < 4.78 is 11.4. The lowest BCUT2D eigenvalue weighted by Crippen LogP contribution is -2.47. The summed E-state index contributed by atoms with van der Waals surface area (Å²) >= 11 is 0. The van der Waals surface area contributed by atoms with E-state index in [0.29, 0.717) is 0 Å². The Morgan fingerprint density at radius 2 is 2.14 bits per heavy atom. The summed E-state index contributed by atoms with van der Waals surface area (Å²) in [6.45, 7) is 10.3. The van der Waals surface area contributed by atoms with Crippen LogP contribution >= 0.6 is 0 Å². The van der Waals surface area contributed by atoms with Crippen molar-refractivity contribution in [3.63, 3.8) is 0 Å². The molecule has 1 fully saturated rings. The molecule has 1 heterocycles. The number of morpholine rings is 1. The van der Waals surface area contributed by atoms with Gasteiger partial charge in [0.05, 0.1) is 25.9 Å². The molecule has 1 N–H and O–H groups in total. The molecule has 0 saturated carbocycles. The van der Waals surface area contributed by atoms with Gasteiger partial charge in [0.1, 0.15) is 5.75 Å². The average Bonchev–Trinajstić information content (AvgIpc) is 2.51. The van der Waals surface area contributed by atoms with E-state index in [1.165, 1.54) is 16.7 Å². The summed E-state index contributed by atoms with van der Waals surface area (Å²) in [7, 11) is 3.73. The van der Waals surface area contributed by atoms with Crippen LogP contribution < -0.4 is 10.1 Å². The van der Waals surface area contributed by atoms with Gasteiger partial charge in [0, 0.05) is 13.1 Å². The fourth-order valence-corrected chi connectivity index (χ4v) is 3.13. The van der Waals surface area contributed by atoms with E-state index >= 15 is 0 Å². The maximum atomic E-state index is 6.03. The van der Waals surface area contributed by atoms with Crippen molar-refractivity contribution < 1.29 is 9.47 Å². The topological polar surface area (TPSA) is 33.7 Å². The highest BCUT2D eigenvalue weighted by atomic mass is 16.5. The third-order valence-electron chi connectivity index (χ3n) is 4.43. The van der Waals surface area contributed by atoms with E-state index in [1.807, 2.05) is 7.05 Å². The van der Waals surface area contributed by atoms with Crippen LogP contribution in [-0.2, 0) is 4.74 Å². The van der Waals surface area contributed by atoms with E-state index in [-0.39, 0.29) is 12.1 Å². The molecule has 2 rings (SSSR count). The third-order valence-corrected chi connectivity index (χ3v) is 4.43. The second-order valence-corrected chi connectivity index (χ2v) is 5.75. The number of hydrogen-bond donors (Lipinski definition) is 1. The average molecular weight is 292 g/mol. The van der Waals surface area contributed by atoms with Crippen LogP contribution in [0.25, 0.3) is 0 Å². The Morgan fingerprint density at radius 3 is 2.76 bits per heavy atom. The van der Waals surface area contributed by atoms with Crippen molar-refractivity contribution in [2.24, 2.45) is 0 Å². The van der Waals surface area contributed by atoms with Gasteiger partial charge in [-0.25, -0.2) is 0 Å². The van der Waals surface area contributed by atoms with Gasteiger partial charge in [-0.05, 0) is 50.2 Å².